The second kappa shape index (κ2) is 9.60. The number of rotatable bonds is 7. The molecule has 1 fully saturated rings. The van der Waals surface area contributed by atoms with Gasteiger partial charge in [0.2, 0.25) is 5.91 Å². The molecule has 1 aliphatic rings. The number of halogens is 1. The third-order valence-corrected chi connectivity index (χ3v) is 5.27. The number of Topliss-reactive ketones (excluding diaryl/α,β-unsaturated/α-hetero) is 1. The van der Waals surface area contributed by atoms with Crippen LogP contribution in [-0.2, 0) is 11.3 Å². The van der Waals surface area contributed by atoms with Crippen molar-refractivity contribution in [3.05, 3.63) is 65.5 Å². The van der Waals surface area contributed by atoms with Gasteiger partial charge in [0.25, 0.3) is 0 Å². The molecule has 1 atom stereocenters. The molecule has 0 unspecified atom stereocenters. The van der Waals surface area contributed by atoms with Gasteiger partial charge in [-0.15, -0.1) is 0 Å². The summed E-state index contributed by atoms with van der Waals surface area (Å²) in [6.45, 7) is 4.38. The number of benzene rings is 2. The summed E-state index contributed by atoms with van der Waals surface area (Å²) in [5.74, 6) is -0.0146. The number of nitrogens with one attached hydrogen (secondary N) is 1. The van der Waals surface area contributed by atoms with Gasteiger partial charge in [-0.3, -0.25) is 14.5 Å². The van der Waals surface area contributed by atoms with Gasteiger partial charge in [0.05, 0.1) is 5.69 Å². The number of hydrogen-bond acceptors (Lipinski definition) is 3. The average molecular weight is 382 g/mol. The van der Waals surface area contributed by atoms with E-state index in [4.69, 9.17) is 0 Å². The van der Waals surface area contributed by atoms with E-state index in [9.17, 15) is 14.0 Å². The minimum absolute atomic E-state index is 0.0826. The van der Waals surface area contributed by atoms with Crippen LogP contribution in [0.2, 0.25) is 0 Å². The molecular formula is C23H27FN2O2. The molecule has 28 heavy (non-hydrogen) atoms. The van der Waals surface area contributed by atoms with Gasteiger partial charge in [-0.05, 0) is 62.4 Å². The summed E-state index contributed by atoms with van der Waals surface area (Å²) in [5, 5.41) is 2.66. The van der Waals surface area contributed by atoms with Gasteiger partial charge in [-0.2, -0.15) is 0 Å². The summed E-state index contributed by atoms with van der Waals surface area (Å²) in [6, 6.07) is 14.0. The van der Waals surface area contributed by atoms with Crippen molar-refractivity contribution in [2.75, 3.05) is 18.4 Å². The van der Waals surface area contributed by atoms with Gasteiger partial charge >= 0.3 is 0 Å². The number of hydrogen-bond donors (Lipinski definition) is 1. The Morgan fingerprint density at radius 2 is 2.00 bits per heavy atom. The number of nitrogens with zero attached hydrogens (tertiary/aromatic N) is 1. The van der Waals surface area contributed by atoms with Crippen molar-refractivity contribution in [1.29, 1.82) is 0 Å². The molecule has 2 aromatic carbocycles. The predicted molar refractivity (Wildman–Crippen MR) is 109 cm³/mol. The Balaban J connectivity index is 1.48. The molecule has 1 aliphatic heterocycles. The number of ketones is 1. The highest BCUT2D eigenvalue weighted by molar-refractivity contribution is 5.94. The molecule has 0 saturated carbocycles. The first-order valence-corrected chi connectivity index (χ1v) is 9.88. The predicted octanol–water partition coefficient (Wildman–Crippen LogP) is 4.66. The van der Waals surface area contributed by atoms with E-state index < -0.39 is 5.82 Å². The van der Waals surface area contributed by atoms with Crippen LogP contribution < -0.4 is 5.32 Å². The molecule has 1 amide bonds. The molecule has 1 heterocycles. The number of para-hydroxylation sites is 1. The highest BCUT2D eigenvalue weighted by Gasteiger charge is 2.21. The van der Waals surface area contributed by atoms with Gasteiger partial charge in [-0.25, -0.2) is 4.39 Å². The lowest BCUT2D eigenvalue weighted by atomic mass is 9.93. The molecule has 0 spiro atoms. The third-order valence-electron chi connectivity index (χ3n) is 5.27. The lowest BCUT2D eigenvalue weighted by molar-refractivity contribution is -0.116. The topological polar surface area (TPSA) is 49.4 Å². The normalized spacial score (nSPS) is 17.3. The molecule has 3 rings (SSSR count). The van der Waals surface area contributed by atoms with E-state index in [-0.39, 0.29) is 17.4 Å². The first-order chi connectivity index (χ1) is 13.5. The number of amides is 1. The van der Waals surface area contributed by atoms with Gasteiger partial charge in [-0.1, -0.05) is 30.3 Å². The van der Waals surface area contributed by atoms with Crippen LogP contribution in [0.1, 0.15) is 48.5 Å². The molecule has 148 valence electrons. The van der Waals surface area contributed by atoms with E-state index in [1.807, 2.05) is 18.2 Å². The van der Waals surface area contributed by atoms with Crippen LogP contribution in [0.4, 0.5) is 10.1 Å². The van der Waals surface area contributed by atoms with E-state index >= 15 is 0 Å². The fourth-order valence-electron chi connectivity index (χ4n) is 3.79. The van der Waals surface area contributed by atoms with E-state index in [1.54, 1.807) is 25.1 Å². The Morgan fingerprint density at radius 1 is 1.18 bits per heavy atom. The Hall–Kier alpha value is -2.53. The SMILES string of the molecule is CC(=O)c1cccc(CN2CCC[C@H](CCC(=O)Nc3ccccc3F)C2)c1. The first-order valence-electron chi connectivity index (χ1n) is 9.88. The fraction of sp³-hybridized carbons (Fsp3) is 0.391. The van der Waals surface area contributed by atoms with Crippen molar-refractivity contribution in [2.24, 2.45) is 5.92 Å². The lowest BCUT2D eigenvalue weighted by Crippen LogP contribution is -2.35. The standard InChI is InChI=1S/C23H27FN2O2/c1-17(27)20-8-4-6-19(14-20)16-26-13-5-7-18(15-26)11-12-23(28)25-22-10-3-2-9-21(22)24/h2-4,6,8-10,14,18H,5,7,11-13,15-16H2,1H3,(H,25,28)/t18-/m1/s1. The highest BCUT2D eigenvalue weighted by Crippen LogP contribution is 2.23. The third kappa shape index (κ3) is 5.73. The zero-order valence-corrected chi connectivity index (χ0v) is 16.3. The molecule has 0 bridgehead atoms. The molecule has 5 heteroatoms. The fourth-order valence-corrected chi connectivity index (χ4v) is 3.79. The molecule has 0 radical (unpaired) electrons. The van der Waals surface area contributed by atoms with Crippen LogP contribution in [0.5, 0.6) is 0 Å². The summed E-state index contributed by atoms with van der Waals surface area (Å²) in [6.07, 6.45) is 3.40. The molecule has 0 aromatic heterocycles. The quantitative estimate of drug-likeness (QED) is 0.709. The monoisotopic (exact) mass is 382 g/mol. The Labute approximate surface area is 165 Å². The van der Waals surface area contributed by atoms with Crippen LogP contribution in [0.25, 0.3) is 0 Å². The summed E-state index contributed by atoms with van der Waals surface area (Å²) >= 11 is 0. The van der Waals surface area contributed by atoms with Gasteiger partial charge in [0.1, 0.15) is 5.82 Å². The van der Waals surface area contributed by atoms with E-state index in [2.05, 4.69) is 16.3 Å². The van der Waals surface area contributed by atoms with Crippen LogP contribution in [0.3, 0.4) is 0 Å². The number of piperidine rings is 1. The molecule has 0 aliphatic carbocycles. The highest BCUT2D eigenvalue weighted by atomic mass is 19.1. The van der Waals surface area contributed by atoms with E-state index in [1.165, 1.54) is 6.07 Å². The van der Waals surface area contributed by atoms with Crippen molar-refractivity contribution in [3.8, 4) is 0 Å². The van der Waals surface area contributed by atoms with Crippen LogP contribution in [0, 0.1) is 11.7 Å². The minimum Gasteiger partial charge on any atom is -0.324 e. The zero-order valence-electron chi connectivity index (χ0n) is 16.3. The van der Waals surface area contributed by atoms with Crippen LogP contribution in [0.15, 0.2) is 48.5 Å². The van der Waals surface area contributed by atoms with E-state index in [0.29, 0.717) is 12.3 Å². The van der Waals surface area contributed by atoms with Gasteiger partial charge in [0.15, 0.2) is 5.78 Å². The van der Waals surface area contributed by atoms with Crippen LogP contribution >= 0.6 is 0 Å². The molecule has 4 nitrogen and oxygen atoms in total. The maximum Gasteiger partial charge on any atom is 0.224 e. The van der Waals surface area contributed by atoms with Gasteiger partial charge in [0, 0.05) is 25.1 Å². The number of likely N-dealkylation sites (tertiary alicyclic amines) is 1. The van der Waals surface area contributed by atoms with E-state index in [0.717, 1.165) is 50.0 Å². The Bertz CT molecular complexity index is 837. The first kappa shape index (κ1) is 20.2. The number of carbonyl (C=O) groups excluding carboxylic acids is 2. The maximum atomic E-state index is 13.6. The number of anilines is 1. The largest absolute Gasteiger partial charge is 0.324 e. The molecular weight excluding hydrogens is 355 g/mol. The summed E-state index contributed by atoms with van der Waals surface area (Å²) in [4.78, 5) is 26.1. The zero-order chi connectivity index (χ0) is 19.9. The van der Waals surface area contributed by atoms with Crippen molar-refractivity contribution < 1.29 is 14.0 Å². The van der Waals surface area contributed by atoms with Crippen molar-refractivity contribution >= 4 is 17.4 Å². The molecule has 2 aromatic rings. The summed E-state index contributed by atoms with van der Waals surface area (Å²) in [7, 11) is 0. The molecule has 1 N–H and O–H groups in total. The lowest BCUT2D eigenvalue weighted by Gasteiger charge is -2.32. The molecule has 1 saturated heterocycles. The summed E-state index contributed by atoms with van der Waals surface area (Å²) in [5.41, 5.74) is 2.13. The number of carbonyl (C=O) groups is 2. The van der Waals surface area contributed by atoms with Gasteiger partial charge < -0.3 is 5.32 Å². The van der Waals surface area contributed by atoms with Crippen molar-refractivity contribution in [3.63, 3.8) is 0 Å². The maximum absolute atomic E-state index is 13.6. The second-order valence-corrected chi connectivity index (χ2v) is 7.57. The second-order valence-electron chi connectivity index (χ2n) is 7.57. The Morgan fingerprint density at radius 3 is 2.79 bits per heavy atom. The smallest absolute Gasteiger partial charge is 0.224 e. The average Bonchev–Trinajstić information content (AvgIpc) is 2.69. The summed E-state index contributed by atoms with van der Waals surface area (Å²) < 4.78 is 13.6. The van der Waals surface area contributed by atoms with Crippen molar-refractivity contribution in [2.45, 2.75) is 39.2 Å². The van der Waals surface area contributed by atoms with Crippen LogP contribution in [-0.4, -0.2) is 29.7 Å². The van der Waals surface area contributed by atoms with Crippen molar-refractivity contribution in [1.82, 2.24) is 4.90 Å². The Kier molecular flexibility index (Phi) is 6.93. The minimum atomic E-state index is -0.410.